The molecule has 0 spiro atoms. The fourth-order valence-electron chi connectivity index (χ4n) is 1.35. The second kappa shape index (κ2) is 5.55. The van der Waals surface area contributed by atoms with Crippen molar-refractivity contribution in [3.8, 4) is 0 Å². The van der Waals surface area contributed by atoms with Gasteiger partial charge in [-0.2, -0.15) is 0 Å². The number of amides is 1. The minimum atomic E-state index is -1.67. The van der Waals surface area contributed by atoms with Crippen LogP contribution in [0.4, 0.5) is 16.2 Å². The molecule has 0 radical (unpaired) electrons. The molecule has 0 aliphatic carbocycles. The SMILES string of the molecule is CC(C)(C)OC(=O)Nc1ccc(C(=O)[O-])c([N+](=O)[O-])c1. The topological polar surface area (TPSA) is 122 Å². The van der Waals surface area contributed by atoms with Gasteiger partial charge in [-0.15, -0.1) is 0 Å². The summed E-state index contributed by atoms with van der Waals surface area (Å²) in [5.41, 5.74) is -1.90. The van der Waals surface area contributed by atoms with Gasteiger partial charge in [0.2, 0.25) is 0 Å². The number of carbonyl (C=O) groups excluding carboxylic acids is 2. The van der Waals surface area contributed by atoms with Gasteiger partial charge >= 0.3 is 6.09 Å². The number of nitrogens with one attached hydrogen (secondary N) is 1. The minimum Gasteiger partial charge on any atom is -0.545 e. The molecule has 20 heavy (non-hydrogen) atoms. The first-order chi connectivity index (χ1) is 9.10. The zero-order valence-corrected chi connectivity index (χ0v) is 11.1. The van der Waals surface area contributed by atoms with E-state index in [1.165, 1.54) is 6.07 Å². The minimum absolute atomic E-state index is 0.0518. The highest BCUT2D eigenvalue weighted by Crippen LogP contribution is 2.23. The van der Waals surface area contributed by atoms with Crippen LogP contribution in [0.1, 0.15) is 31.1 Å². The maximum absolute atomic E-state index is 11.5. The number of rotatable bonds is 3. The number of nitro benzene ring substituents is 1. The number of anilines is 1. The Morgan fingerprint density at radius 1 is 1.30 bits per heavy atom. The third kappa shape index (κ3) is 4.23. The molecule has 0 saturated carbocycles. The molecule has 8 nitrogen and oxygen atoms in total. The molecule has 8 heteroatoms. The molecular formula is C12H13N2O6-. The standard InChI is InChI=1S/C12H14N2O6/c1-12(2,3)20-11(17)13-7-4-5-8(10(15)16)9(6-7)14(18)19/h4-6H,1-3H3,(H,13,17)(H,15,16)/p-1. The van der Waals surface area contributed by atoms with Crippen LogP contribution in [0.2, 0.25) is 0 Å². The molecule has 0 heterocycles. The molecule has 108 valence electrons. The van der Waals surface area contributed by atoms with Crippen molar-refractivity contribution in [3.05, 3.63) is 33.9 Å². The third-order valence-corrected chi connectivity index (χ3v) is 2.06. The van der Waals surface area contributed by atoms with Crippen molar-refractivity contribution in [2.45, 2.75) is 26.4 Å². The fraction of sp³-hybridized carbons (Fsp3) is 0.333. The highest BCUT2D eigenvalue weighted by atomic mass is 16.6. The van der Waals surface area contributed by atoms with Crippen LogP contribution in [-0.2, 0) is 4.74 Å². The molecule has 0 aliphatic heterocycles. The van der Waals surface area contributed by atoms with Crippen LogP contribution in [0.3, 0.4) is 0 Å². The van der Waals surface area contributed by atoms with Crippen molar-refractivity contribution in [1.82, 2.24) is 0 Å². The van der Waals surface area contributed by atoms with E-state index >= 15 is 0 Å². The molecule has 0 aromatic heterocycles. The Balaban J connectivity index is 2.99. The number of benzene rings is 1. The fourth-order valence-corrected chi connectivity index (χ4v) is 1.35. The van der Waals surface area contributed by atoms with Crippen LogP contribution in [0, 0.1) is 10.1 Å². The van der Waals surface area contributed by atoms with Gasteiger partial charge in [-0.3, -0.25) is 15.4 Å². The van der Waals surface area contributed by atoms with Crippen LogP contribution in [0.15, 0.2) is 18.2 Å². The molecule has 0 fully saturated rings. The Labute approximate surface area is 114 Å². The number of hydrogen-bond donors (Lipinski definition) is 1. The Morgan fingerprint density at radius 2 is 1.90 bits per heavy atom. The van der Waals surface area contributed by atoms with Crippen LogP contribution < -0.4 is 10.4 Å². The maximum atomic E-state index is 11.5. The van der Waals surface area contributed by atoms with E-state index in [4.69, 9.17) is 4.74 Å². The van der Waals surface area contributed by atoms with Crippen LogP contribution >= 0.6 is 0 Å². The van der Waals surface area contributed by atoms with E-state index in [0.717, 1.165) is 12.1 Å². The number of nitro groups is 1. The van der Waals surface area contributed by atoms with Crippen molar-refractivity contribution in [2.75, 3.05) is 5.32 Å². The van der Waals surface area contributed by atoms with Crippen LogP contribution in [0.25, 0.3) is 0 Å². The first kappa shape index (κ1) is 15.4. The van der Waals surface area contributed by atoms with Gasteiger partial charge in [0.15, 0.2) is 0 Å². The molecular weight excluding hydrogens is 268 g/mol. The number of aromatic carboxylic acids is 1. The van der Waals surface area contributed by atoms with Crippen molar-refractivity contribution in [3.63, 3.8) is 0 Å². The van der Waals surface area contributed by atoms with Crippen molar-refractivity contribution in [2.24, 2.45) is 0 Å². The second-order valence-electron chi connectivity index (χ2n) is 4.90. The normalized spacial score (nSPS) is 10.8. The van der Waals surface area contributed by atoms with E-state index < -0.39 is 33.8 Å². The number of carboxylic acids is 1. The lowest BCUT2D eigenvalue weighted by molar-refractivity contribution is -0.385. The zero-order chi connectivity index (χ0) is 15.5. The van der Waals surface area contributed by atoms with Crippen LogP contribution in [0.5, 0.6) is 0 Å². The average Bonchev–Trinajstić information content (AvgIpc) is 2.25. The largest absolute Gasteiger partial charge is 0.545 e. The Morgan fingerprint density at radius 3 is 2.35 bits per heavy atom. The van der Waals surface area contributed by atoms with E-state index in [0.29, 0.717) is 0 Å². The molecule has 0 atom stereocenters. The summed E-state index contributed by atoms with van der Waals surface area (Å²) in [5, 5.41) is 23.8. The van der Waals surface area contributed by atoms with Gasteiger partial charge < -0.3 is 14.6 Å². The van der Waals surface area contributed by atoms with Gasteiger partial charge in [-0.05, 0) is 32.9 Å². The number of carbonyl (C=O) groups is 2. The molecule has 1 amide bonds. The van der Waals surface area contributed by atoms with Crippen LogP contribution in [-0.4, -0.2) is 22.6 Å². The van der Waals surface area contributed by atoms with Crippen molar-refractivity contribution < 1.29 is 24.4 Å². The molecule has 0 bridgehead atoms. The second-order valence-corrected chi connectivity index (χ2v) is 4.90. The first-order valence-electron chi connectivity index (χ1n) is 5.60. The lowest BCUT2D eigenvalue weighted by Gasteiger charge is -2.19. The first-order valence-corrected chi connectivity index (χ1v) is 5.60. The quantitative estimate of drug-likeness (QED) is 0.658. The van der Waals surface area contributed by atoms with Gasteiger partial charge in [0.05, 0.1) is 22.1 Å². The predicted octanol–water partition coefficient (Wildman–Crippen LogP) is 1.31. The lowest BCUT2D eigenvalue weighted by atomic mass is 10.1. The van der Waals surface area contributed by atoms with Gasteiger partial charge in [0, 0.05) is 6.07 Å². The van der Waals surface area contributed by atoms with E-state index in [1.807, 2.05) is 0 Å². The van der Waals surface area contributed by atoms with E-state index in [2.05, 4.69) is 5.32 Å². The molecule has 0 unspecified atom stereocenters. The van der Waals surface area contributed by atoms with E-state index in [-0.39, 0.29) is 5.69 Å². The summed E-state index contributed by atoms with van der Waals surface area (Å²) in [6.07, 6.45) is -0.798. The smallest absolute Gasteiger partial charge is 0.412 e. The van der Waals surface area contributed by atoms with Crippen molar-refractivity contribution >= 4 is 23.4 Å². The summed E-state index contributed by atoms with van der Waals surface area (Å²) >= 11 is 0. The van der Waals surface area contributed by atoms with E-state index in [9.17, 15) is 24.8 Å². The molecule has 1 aromatic rings. The summed E-state index contributed by atoms with van der Waals surface area (Å²) in [4.78, 5) is 32.1. The monoisotopic (exact) mass is 281 g/mol. The summed E-state index contributed by atoms with van der Waals surface area (Å²) in [5.74, 6) is -1.67. The third-order valence-electron chi connectivity index (χ3n) is 2.06. The summed E-state index contributed by atoms with van der Waals surface area (Å²) in [6.45, 7) is 4.98. The van der Waals surface area contributed by atoms with Gasteiger partial charge in [-0.1, -0.05) is 0 Å². The van der Waals surface area contributed by atoms with Gasteiger partial charge in [-0.25, -0.2) is 4.79 Å². The summed E-state index contributed by atoms with van der Waals surface area (Å²) in [7, 11) is 0. The Bertz CT molecular complexity index is 562. The van der Waals surface area contributed by atoms with Crippen molar-refractivity contribution in [1.29, 1.82) is 0 Å². The molecule has 1 aromatic carbocycles. The molecule has 1 rings (SSSR count). The maximum Gasteiger partial charge on any atom is 0.412 e. The highest BCUT2D eigenvalue weighted by molar-refractivity contribution is 5.93. The van der Waals surface area contributed by atoms with Gasteiger partial charge in [0.1, 0.15) is 5.60 Å². The number of hydrogen-bond acceptors (Lipinski definition) is 6. The molecule has 0 aliphatic rings. The predicted molar refractivity (Wildman–Crippen MR) is 67.3 cm³/mol. The molecule has 0 saturated heterocycles. The Kier molecular flexibility index (Phi) is 4.28. The molecule has 1 N–H and O–H groups in total. The number of ether oxygens (including phenoxy) is 1. The lowest BCUT2D eigenvalue weighted by Crippen LogP contribution is -2.27. The van der Waals surface area contributed by atoms with E-state index in [1.54, 1.807) is 20.8 Å². The number of carboxylic acid groups (broad SMARTS) is 1. The summed E-state index contributed by atoms with van der Waals surface area (Å²) < 4.78 is 4.97. The zero-order valence-electron chi connectivity index (χ0n) is 11.1. The highest BCUT2D eigenvalue weighted by Gasteiger charge is 2.19. The number of nitrogens with zero attached hydrogens (tertiary/aromatic N) is 1. The Hall–Kier alpha value is -2.64. The van der Waals surface area contributed by atoms with Gasteiger partial charge in [0.25, 0.3) is 5.69 Å². The summed E-state index contributed by atoms with van der Waals surface area (Å²) in [6, 6.07) is 3.12. The average molecular weight is 281 g/mol.